The predicted molar refractivity (Wildman–Crippen MR) is 154 cm³/mol. The third-order valence-corrected chi connectivity index (χ3v) is 8.02. The summed E-state index contributed by atoms with van der Waals surface area (Å²) in [5.41, 5.74) is 1.16. The largest absolute Gasteiger partial charge is 0.495 e. The minimum absolute atomic E-state index is 0.0787. The highest BCUT2D eigenvalue weighted by Crippen LogP contribution is 2.49. The Labute approximate surface area is 242 Å². The molecule has 0 radical (unpaired) electrons. The molecule has 226 valence electrons. The van der Waals surface area contributed by atoms with Crippen molar-refractivity contribution < 1.29 is 31.8 Å². The van der Waals surface area contributed by atoms with Crippen LogP contribution in [0, 0.1) is 0 Å². The van der Waals surface area contributed by atoms with Crippen molar-refractivity contribution in [1.82, 2.24) is 19.9 Å². The van der Waals surface area contributed by atoms with Gasteiger partial charge in [-0.05, 0) is 50.5 Å². The van der Waals surface area contributed by atoms with Gasteiger partial charge >= 0.3 is 6.43 Å². The molecule has 0 amide bonds. The minimum atomic E-state index is -3.58. The molecule has 0 spiro atoms. The summed E-state index contributed by atoms with van der Waals surface area (Å²) in [4.78, 5) is 18.1. The van der Waals surface area contributed by atoms with Crippen molar-refractivity contribution >= 4 is 39.0 Å². The molecule has 1 aromatic heterocycles. The summed E-state index contributed by atoms with van der Waals surface area (Å²) >= 11 is 0. The highest BCUT2D eigenvalue weighted by Gasteiger charge is 2.53. The number of rotatable bonds is 10. The third kappa shape index (κ3) is 6.01. The van der Waals surface area contributed by atoms with Gasteiger partial charge in [0.25, 0.3) is 5.85 Å². The summed E-state index contributed by atoms with van der Waals surface area (Å²) in [6, 6.07) is 11.1. The van der Waals surface area contributed by atoms with E-state index >= 15 is 0 Å². The average Bonchev–Trinajstić information content (AvgIpc) is 3.30. The Morgan fingerprint density at radius 3 is 2.45 bits per heavy atom. The third-order valence-electron chi connectivity index (χ3n) is 6.75. The van der Waals surface area contributed by atoms with E-state index in [0.29, 0.717) is 44.1 Å². The van der Waals surface area contributed by atoms with Crippen molar-refractivity contribution in [2.24, 2.45) is 0 Å². The number of benzene rings is 2. The van der Waals surface area contributed by atoms with E-state index in [1.165, 1.54) is 7.11 Å². The normalized spacial score (nSPS) is 18.8. The van der Waals surface area contributed by atoms with Gasteiger partial charge in [-0.3, -0.25) is 9.62 Å². The Kier molecular flexibility index (Phi) is 8.32. The van der Waals surface area contributed by atoms with Crippen molar-refractivity contribution in [2.45, 2.75) is 12.3 Å². The molecule has 2 aliphatic heterocycles. The molecule has 16 heteroatoms. The summed E-state index contributed by atoms with van der Waals surface area (Å²) in [6.07, 6.45) is -3.28. The van der Waals surface area contributed by atoms with Crippen LogP contribution in [0.15, 0.2) is 42.5 Å². The maximum Gasteiger partial charge on any atom is 0.305 e. The Bertz CT molecular complexity index is 1520. The number of aliphatic hydroxyl groups is 1. The fraction of sp³-hybridized carbons (Fsp3) is 0.423. The lowest BCUT2D eigenvalue weighted by Crippen LogP contribution is -2.55. The van der Waals surface area contributed by atoms with E-state index < -0.39 is 22.3 Å². The number of anilines is 5. The molecule has 2 aromatic carbocycles. The van der Waals surface area contributed by atoms with Crippen LogP contribution in [-0.2, 0) is 14.8 Å². The molecule has 0 bridgehead atoms. The highest BCUT2D eigenvalue weighted by atomic mass is 32.2. The standard InChI is InChI=1S/C26H32F2N8O5S/c1-34(2)13-16-42(38,39)33-18-9-7-17(8-10-18)22-29-24(35-11-14-41-15-12-35)31-25(30-22)36-19-5-4-6-20(40-3)21(19)32-26(36,37)23(27)28/h4-10,23,32-33,37H,11-16H2,1-3H3. The zero-order valence-corrected chi connectivity index (χ0v) is 24.1. The zero-order valence-electron chi connectivity index (χ0n) is 23.3. The molecule has 3 aromatic rings. The van der Waals surface area contributed by atoms with Gasteiger partial charge in [-0.25, -0.2) is 17.2 Å². The number of nitrogens with one attached hydrogen (secondary N) is 2. The number of alkyl halides is 2. The van der Waals surface area contributed by atoms with Crippen LogP contribution in [0.25, 0.3) is 11.4 Å². The average molecular weight is 607 g/mol. The van der Waals surface area contributed by atoms with Crippen LogP contribution in [0.2, 0.25) is 0 Å². The number of sulfonamides is 1. The number of nitrogens with zero attached hydrogens (tertiary/aromatic N) is 6. The van der Waals surface area contributed by atoms with Crippen molar-refractivity contribution in [3.05, 3.63) is 42.5 Å². The summed E-state index contributed by atoms with van der Waals surface area (Å²) in [6.45, 7) is 2.12. The number of para-hydroxylation sites is 1. The number of hydrogen-bond acceptors (Lipinski definition) is 12. The number of aromatic nitrogens is 3. The lowest BCUT2D eigenvalue weighted by atomic mass is 10.2. The first kappa shape index (κ1) is 29.6. The molecule has 13 nitrogen and oxygen atoms in total. The van der Waals surface area contributed by atoms with Gasteiger partial charge in [-0.2, -0.15) is 15.0 Å². The number of fused-ring (bicyclic) bond motifs is 1. The van der Waals surface area contributed by atoms with Crippen LogP contribution in [0.3, 0.4) is 0 Å². The van der Waals surface area contributed by atoms with E-state index in [2.05, 4.69) is 25.0 Å². The Morgan fingerprint density at radius 1 is 1.12 bits per heavy atom. The van der Waals surface area contributed by atoms with Crippen LogP contribution in [0.5, 0.6) is 5.75 Å². The van der Waals surface area contributed by atoms with Crippen LogP contribution >= 0.6 is 0 Å². The smallest absolute Gasteiger partial charge is 0.305 e. The molecule has 2 aliphatic rings. The molecule has 3 heterocycles. The first-order chi connectivity index (χ1) is 20.0. The predicted octanol–water partition coefficient (Wildman–Crippen LogP) is 2.16. The molecule has 1 unspecified atom stereocenters. The maximum atomic E-state index is 14.5. The molecule has 1 fully saturated rings. The summed E-state index contributed by atoms with van der Waals surface area (Å²) < 4.78 is 67.1. The quantitative estimate of drug-likeness (QED) is 0.311. The minimum Gasteiger partial charge on any atom is -0.495 e. The topological polar surface area (TPSA) is 145 Å². The first-order valence-corrected chi connectivity index (χ1v) is 14.8. The van der Waals surface area contributed by atoms with Crippen molar-refractivity contribution in [3.63, 3.8) is 0 Å². The molecule has 3 N–H and O–H groups in total. The number of ether oxygens (including phenoxy) is 2. The summed E-state index contributed by atoms with van der Waals surface area (Å²) in [5, 5.41) is 13.7. The van der Waals surface area contributed by atoms with E-state index in [4.69, 9.17) is 9.47 Å². The van der Waals surface area contributed by atoms with E-state index in [0.717, 1.165) is 4.90 Å². The van der Waals surface area contributed by atoms with Gasteiger partial charge in [0.05, 0.1) is 31.8 Å². The van der Waals surface area contributed by atoms with Gasteiger partial charge in [0.15, 0.2) is 5.82 Å². The van der Waals surface area contributed by atoms with Gasteiger partial charge in [0.2, 0.25) is 21.9 Å². The number of methoxy groups -OCH3 is 1. The summed E-state index contributed by atoms with van der Waals surface area (Å²) in [7, 11) is 1.39. The van der Waals surface area contributed by atoms with E-state index in [1.807, 2.05) is 4.90 Å². The Morgan fingerprint density at radius 2 is 1.81 bits per heavy atom. The van der Waals surface area contributed by atoms with Gasteiger partial charge in [0, 0.05) is 30.9 Å². The summed E-state index contributed by atoms with van der Waals surface area (Å²) in [5.74, 6) is -2.59. The van der Waals surface area contributed by atoms with E-state index in [1.54, 1.807) is 61.5 Å². The Hall–Kier alpha value is -3.86. The second-order valence-electron chi connectivity index (χ2n) is 10.0. The lowest BCUT2D eigenvalue weighted by Gasteiger charge is -2.33. The monoisotopic (exact) mass is 606 g/mol. The van der Waals surface area contributed by atoms with Gasteiger partial charge in [0.1, 0.15) is 11.4 Å². The van der Waals surface area contributed by atoms with Crippen LogP contribution in [0.1, 0.15) is 0 Å². The first-order valence-electron chi connectivity index (χ1n) is 13.1. The molecule has 0 aliphatic carbocycles. The molecule has 0 saturated carbocycles. The zero-order chi connectivity index (χ0) is 30.1. The molecule has 5 rings (SSSR count). The maximum absolute atomic E-state index is 14.5. The lowest BCUT2D eigenvalue weighted by molar-refractivity contribution is -0.0675. The van der Waals surface area contributed by atoms with Gasteiger partial charge < -0.3 is 29.7 Å². The molecular weight excluding hydrogens is 574 g/mol. The van der Waals surface area contributed by atoms with E-state index in [9.17, 15) is 22.3 Å². The van der Waals surface area contributed by atoms with Crippen molar-refractivity contribution in [1.29, 1.82) is 0 Å². The van der Waals surface area contributed by atoms with Crippen LogP contribution in [0.4, 0.5) is 37.7 Å². The van der Waals surface area contributed by atoms with Gasteiger partial charge in [-0.1, -0.05) is 6.07 Å². The van der Waals surface area contributed by atoms with Crippen molar-refractivity contribution in [3.8, 4) is 17.1 Å². The molecule has 1 saturated heterocycles. The second-order valence-corrected chi connectivity index (χ2v) is 11.8. The fourth-order valence-electron chi connectivity index (χ4n) is 4.55. The fourth-order valence-corrected chi connectivity index (χ4v) is 5.75. The highest BCUT2D eigenvalue weighted by molar-refractivity contribution is 7.92. The van der Waals surface area contributed by atoms with Crippen LogP contribution in [-0.4, -0.2) is 105 Å². The van der Waals surface area contributed by atoms with Crippen LogP contribution < -0.4 is 24.6 Å². The van der Waals surface area contributed by atoms with Gasteiger partial charge in [-0.15, -0.1) is 0 Å². The Balaban J connectivity index is 1.56. The van der Waals surface area contributed by atoms with E-state index in [-0.39, 0.29) is 40.6 Å². The number of morpholine rings is 1. The number of halogens is 2. The van der Waals surface area contributed by atoms with Crippen molar-refractivity contribution in [2.75, 3.05) is 79.6 Å². The SMILES string of the molecule is COc1cccc2c1NC(O)(C(F)F)N2c1nc(-c2ccc(NS(=O)(=O)CCN(C)C)cc2)nc(N2CCOCC2)n1. The number of hydrogen-bond donors (Lipinski definition) is 3. The molecular formula is C26H32F2N8O5S. The molecule has 1 atom stereocenters. The molecule has 42 heavy (non-hydrogen) atoms. The second kappa shape index (κ2) is 11.8.